The van der Waals surface area contributed by atoms with Crippen molar-refractivity contribution >= 4 is 11.7 Å². The molecule has 1 aliphatic rings. The Morgan fingerprint density at radius 1 is 1.35 bits per heavy atom. The molecule has 1 saturated heterocycles. The van der Waals surface area contributed by atoms with E-state index in [1.54, 1.807) is 0 Å². The summed E-state index contributed by atoms with van der Waals surface area (Å²) in [7, 11) is 0. The second kappa shape index (κ2) is 5.75. The molecule has 2 rings (SSSR count). The van der Waals surface area contributed by atoms with Crippen molar-refractivity contribution < 1.29 is 23.4 Å². The zero-order chi connectivity index (χ0) is 14.8. The Bertz CT molecular complexity index is 490. The number of hydrogen-bond donors (Lipinski definition) is 2. The molecule has 6 heteroatoms. The molecule has 4 nitrogen and oxygen atoms in total. The van der Waals surface area contributed by atoms with Crippen LogP contribution in [0.15, 0.2) is 12.1 Å². The molecule has 0 aliphatic carbocycles. The van der Waals surface area contributed by atoms with Crippen LogP contribution in [0.25, 0.3) is 0 Å². The van der Waals surface area contributed by atoms with E-state index in [0.717, 1.165) is 25.0 Å². The molecule has 0 spiro atoms. The second-order valence-corrected chi connectivity index (χ2v) is 5.40. The molecule has 0 bridgehead atoms. The van der Waals surface area contributed by atoms with Crippen LogP contribution in [-0.4, -0.2) is 30.8 Å². The van der Waals surface area contributed by atoms with E-state index in [0.29, 0.717) is 19.8 Å². The number of carboxylic acid groups (broad SMARTS) is 1. The maximum absolute atomic E-state index is 13.8. The molecule has 1 aromatic rings. The highest BCUT2D eigenvalue weighted by atomic mass is 19.1. The maximum Gasteiger partial charge on any atom is 0.335 e. The average Bonchev–Trinajstić information content (AvgIpc) is 2.38. The molecule has 1 aliphatic heterocycles. The number of nitrogens with one attached hydrogen (secondary N) is 1. The summed E-state index contributed by atoms with van der Waals surface area (Å²) in [6.07, 6.45) is 1.63. The van der Waals surface area contributed by atoms with Crippen LogP contribution in [0, 0.1) is 17.0 Å². The highest BCUT2D eigenvalue weighted by molar-refractivity contribution is 5.88. The van der Waals surface area contributed by atoms with Crippen molar-refractivity contribution in [2.24, 2.45) is 5.41 Å². The van der Waals surface area contributed by atoms with Crippen LogP contribution < -0.4 is 5.32 Å². The molecule has 2 N–H and O–H groups in total. The number of benzene rings is 1. The van der Waals surface area contributed by atoms with Crippen molar-refractivity contribution in [3.8, 4) is 0 Å². The number of ether oxygens (including phenoxy) is 1. The number of anilines is 1. The average molecular weight is 285 g/mol. The smallest absolute Gasteiger partial charge is 0.335 e. The fourth-order valence-electron chi connectivity index (χ4n) is 2.21. The van der Waals surface area contributed by atoms with Gasteiger partial charge in [0.25, 0.3) is 0 Å². The Hall–Kier alpha value is -1.69. The van der Waals surface area contributed by atoms with Gasteiger partial charge in [-0.15, -0.1) is 0 Å². The minimum atomic E-state index is -1.36. The van der Waals surface area contributed by atoms with Crippen molar-refractivity contribution in [2.45, 2.75) is 19.8 Å². The minimum absolute atomic E-state index is 0.0808. The molecule has 0 saturated carbocycles. The number of aromatic carboxylic acids is 1. The molecular weight excluding hydrogens is 268 g/mol. The van der Waals surface area contributed by atoms with Crippen LogP contribution in [0.2, 0.25) is 0 Å². The summed E-state index contributed by atoms with van der Waals surface area (Å²) in [5, 5.41) is 11.5. The van der Waals surface area contributed by atoms with Gasteiger partial charge in [0.1, 0.15) is 17.3 Å². The predicted octanol–water partition coefficient (Wildman–Crippen LogP) is 2.89. The van der Waals surface area contributed by atoms with E-state index >= 15 is 0 Å². The van der Waals surface area contributed by atoms with Crippen molar-refractivity contribution in [1.29, 1.82) is 0 Å². The third-order valence-electron chi connectivity index (χ3n) is 3.68. The molecule has 1 fully saturated rings. The Kier molecular flexibility index (Phi) is 4.23. The second-order valence-electron chi connectivity index (χ2n) is 5.40. The van der Waals surface area contributed by atoms with Crippen molar-refractivity contribution in [3.63, 3.8) is 0 Å². The molecule has 0 aromatic heterocycles. The van der Waals surface area contributed by atoms with Gasteiger partial charge in [0.05, 0.1) is 5.56 Å². The van der Waals surface area contributed by atoms with Gasteiger partial charge in [-0.1, -0.05) is 6.92 Å². The van der Waals surface area contributed by atoms with E-state index in [-0.39, 0.29) is 11.1 Å². The van der Waals surface area contributed by atoms with Gasteiger partial charge in [0.15, 0.2) is 0 Å². The monoisotopic (exact) mass is 285 g/mol. The minimum Gasteiger partial charge on any atom is -0.478 e. The Balaban J connectivity index is 2.11. The van der Waals surface area contributed by atoms with Crippen LogP contribution in [0.3, 0.4) is 0 Å². The van der Waals surface area contributed by atoms with E-state index in [1.807, 2.05) is 6.92 Å². The van der Waals surface area contributed by atoms with Crippen LogP contribution in [-0.2, 0) is 4.74 Å². The van der Waals surface area contributed by atoms with E-state index < -0.39 is 23.2 Å². The Morgan fingerprint density at radius 2 is 1.90 bits per heavy atom. The van der Waals surface area contributed by atoms with Crippen molar-refractivity contribution in [2.75, 3.05) is 25.1 Å². The first-order valence-corrected chi connectivity index (χ1v) is 6.45. The van der Waals surface area contributed by atoms with Gasteiger partial charge in [-0.2, -0.15) is 0 Å². The maximum atomic E-state index is 13.8. The Labute approximate surface area is 115 Å². The van der Waals surface area contributed by atoms with Crippen LogP contribution in [0.5, 0.6) is 0 Å². The molecule has 0 atom stereocenters. The van der Waals surface area contributed by atoms with Crippen LogP contribution in [0.1, 0.15) is 30.1 Å². The zero-order valence-corrected chi connectivity index (χ0v) is 11.2. The first-order valence-electron chi connectivity index (χ1n) is 6.45. The molecular formula is C14H17F2NO3. The topological polar surface area (TPSA) is 58.6 Å². The number of hydrogen-bond acceptors (Lipinski definition) is 3. The van der Waals surface area contributed by atoms with Crippen molar-refractivity contribution in [1.82, 2.24) is 0 Å². The molecule has 110 valence electrons. The molecule has 0 amide bonds. The summed E-state index contributed by atoms with van der Waals surface area (Å²) in [6, 6.07) is 1.64. The van der Waals surface area contributed by atoms with Crippen molar-refractivity contribution in [3.05, 3.63) is 29.3 Å². The summed E-state index contributed by atoms with van der Waals surface area (Å²) in [4.78, 5) is 10.7. The van der Waals surface area contributed by atoms with Crippen LogP contribution >= 0.6 is 0 Å². The van der Waals surface area contributed by atoms with Gasteiger partial charge in [0, 0.05) is 19.8 Å². The number of rotatable bonds is 4. The normalized spacial score (nSPS) is 17.8. The van der Waals surface area contributed by atoms with E-state index in [2.05, 4.69) is 5.32 Å². The third kappa shape index (κ3) is 3.25. The lowest BCUT2D eigenvalue weighted by molar-refractivity contribution is 0.0299. The standard InChI is InChI=1S/C14H17F2NO3/c1-14(2-4-20-5-3-14)8-17-12-10(15)6-9(13(18)19)7-11(12)16/h6-7,17H,2-5,8H2,1H3,(H,18,19). The van der Waals surface area contributed by atoms with Gasteiger partial charge < -0.3 is 15.2 Å². The molecule has 20 heavy (non-hydrogen) atoms. The van der Waals surface area contributed by atoms with E-state index in [4.69, 9.17) is 9.84 Å². The molecule has 1 aromatic carbocycles. The fraction of sp³-hybridized carbons (Fsp3) is 0.500. The quantitative estimate of drug-likeness (QED) is 0.893. The number of halogens is 2. The van der Waals surface area contributed by atoms with Crippen LogP contribution in [0.4, 0.5) is 14.5 Å². The lowest BCUT2D eigenvalue weighted by Gasteiger charge is -2.34. The number of carbonyl (C=O) groups is 1. The SMILES string of the molecule is CC1(CNc2c(F)cc(C(=O)O)cc2F)CCOCC1. The third-order valence-corrected chi connectivity index (χ3v) is 3.68. The fourth-order valence-corrected chi connectivity index (χ4v) is 2.21. The highest BCUT2D eigenvalue weighted by Crippen LogP contribution is 2.31. The highest BCUT2D eigenvalue weighted by Gasteiger charge is 2.28. The summed E-state index contributed by atoms with van der Waals surface area (Å²) in [5.41, 5.74) is -0.756. The van der Waals surface area contributed by atoms with E-state index in [9.17, 15) is 13.6 Å². The van der Waals surface area contributed by atoms with Gasteiger partial charge in [-0.05, 0) is 30.4 Å². The Morgan fingerprint density at radius 3 is 2.40 bits per heavy atom. The first-order chi connectivity index (χ1) is 9.41. The summed E-state index contributed by atoms with van der Waals surface area (Å²) < 4.78 is 32.8. The summed E-state index contributed by atoms with van der Waals surface area (Å²) in [5.74, 6) is -3.14. The largest absolute Gasteiger partial charge is 0.478 e. The molecule has 0 unspecified atom stereocenters. The van der Waals surface area contributed by atoms with Gasteiger partial charge in [-0.25, -0.2) is 13.6 Å². The molecule has 0 radical (unpaired) electrons. The summed E-state index contributed by atoms with van der Waals surface area (Å²) >= 11 is 0. The zero-order valence-electron chi connectivity index (χ0n) is 11.2. The van der Waals surface area contributed by atoms with E-state index in [1.165, 1.54) is 0 Å². The lowest BCUT2D eigenvalue weighted by Crippen LogP contribution is -2.33. The van der Waals surface area contributed by atoms with Gasteiger partial charge in [0.2, 0.25) is 0 Å². The van der Waals surface area contributed by atoms with Gasteiger partial charge >= 0.3 is 5.97 Å². The lowest BCUT2D eigenvalue weighted by atomic mass is 9.82. The number of carboxylic acids is 1. The predicted molar refractivity (Wildman–Crippen MR) is 70.0 cm³/mol. The first kappa shape index (κ1) is 14.7. The van der Waals surface area contributed by atoms with Gasteiger partial charge in [-0.3, -0.25) is 0 Å². The molecule has 1 heterocycles. The summed E-state index contributed by atoms with van der Waals surface area (Å²) in [6.45, 7) is 3.72.